The molecule has 2 aliphatic rings. The first-order chi connectivity index (χ1) is 16.2. The van der Waals surface area contributed by atoms with Crippen molar-refractivity contribution in [1.29, 1.82) is 5.26 Å². The number of thiazole rings is 1. The third-order valence-corrected chi connectivity index (χ3v) is 7.50. The van der Waals surface area contributed by atoms with Crippen LogP contribution >= 0.6 is 34.9 Å². The third-order valence-electron chi connectivity index (χ3n) is 4.41. The number of carbonyl (C=O) groups excluding carboxylic acids is 4. The van der Waals surface area contributed by atoms with Crippen LogP contribution in [0.1, 0.15) is 19.5 Å². The quantitative estimate of drug-likeness (QED) is 0.104. The summed E-state index contributed by atoms with van der Waals surface area (Å²) in [6.07, 6.45) is -1.20. The van der Waals surface area contributed by atoms with E-state index in [9.17, 15) is 24.4 Å². The molecule has 2 amide bonds. The number of nitrogen functional groups attached to an aromatic ring is 1. The van der Waals surface area contributed by atoms with Crippen molar-refractivity contribution in [3.63, 3.8) is 0 Å². The van der Waals surface area contributed by atoms with Crippen LogP contribution in [0, 0.1) is 11.3 Å². The fourth-order valence-corrected chi connectivity index (χ4v) is 5.93. The maximum Gasteiger partial charge on any atom is 0.359 e. The molecule has 2 aliphatic heterocycles. The highest BCUT2D eigenvalue weighted by atomic mass is 32.2. The predicted molar refractivity (Wildman–Crippen MR) is 122 cm³/mol. The zero-order valence-electron chi connectivity index (χ0n) is 17.7. The fraction of sp³-hybridized carbons (Fsp3) is 0.389. The van der Waals surface area contributed by atoms with Crippen LogP contribution < -0.4 is 11.1 Å². The number of β-lactam (4-membered cyclic amide) rings is 1. The average molecular weight is 527 g/mol. The lowest BCUT2D eigenvalue weighted by Crippen LogP contribution is -2.71. The number of amides is 2. The maximum atomic E-state index is 12.9. The Labute approximate surface area is 205 Å². The van der Waals surface area contributed by atoms with Crippen LogP contribution in [0.25, 0.3) is 0 Å². The van der Waals surface area contributed by atoms with E-state index in [1.165, 1.54) is 24.1 Å². The Morgan fingerprint density at radius 1 is 1.50 bits per heavy atom. The van der Waals surface area contributed by atoms with E-state index in [1.54, 1.807) is 0 Å². The first kappa shape index (κ1) is 25.3. The number of carbonyl (C=O) groups is 4. The van der Waals surface area contributed by atoms with Gasteiger partial charge in [0.1, 0.15) is 22.8 Å². The van der Waals surface area contributed by atoms with Gasteiger partial charge in [-0.3, -0.25) is 19.3 Å². The van der Waals surface area contributed by atoms with Crippen LogP contribution in [0.3, 0.4) is 0 Å². The molecule has 34 heavy (non-hydrogen) atoms. The van der Waals surface area contributed by atoms with E-state index < -0.39 is 47.2 Å². The Morgan fingerprint density at radius 2 is 2.24 bits per heavy atom. The number of nitriles is 1. The van der Waals surface area contributed by atoms with Crippen molar-refractivity contribution in [3.8, 4) is 6.07 Å². The topological polar surface area (TPSA) is 197 Å². The van der Waals surface area contributed by atoms with Crippen LogP contribution in [0.2, 0.25) is 0 Å². The largest absolute Gasteiger partial charge is 0.426 e. The fourth-order valence-electron chi connectivity index (χ4n) is 3.09. The van der Waals surface area contributed by atoms with E-state index in [4.69, 9.17) is 20.5 Å². The van der Waals surface area contributed by atoms with E-state index in [0.717, 1.165) is 34.9 Å². The number of rotatable bonds is 8. The Hall–Kier alpha value is -3.29. The minimum absolute atomic E-state index is 0.0339. The number of hydrogen-bond acceptors (Lipinski definition) is 14. The second-order valence-corrected chi connectivity index (χ2v) is 9.75. The first-order valence-corrected chi connectivity index (χ1v) is 12.4. The molecule has 3 rings (SSSR count). The molecule has 0 aromatic carbocycles. The minimum atomic E-state index is -1.20. The molecule has 1 aromatic heterocycles. The van der Waals surface area contributed by atoms with E-state index >= 15 is 0 Å². The molecule has 1 aromatic rings. The average Bonchev–Trinajstić information content (AvgIpc) is 3.20. The number of anilines is 1. The van der Waals surface area contributed by atoms with Gasteiger partial charge in [0.05, 0.1) is 11.8 Å². The zero-order valence-corrected chi connectivity index (χ0v) is 20.2. The molecule has 3 atom stereocenters. The molecule has 1 unspecified atom stereocenters. The van der Waals surface area contributed by atoms with Crippen molar-refractivity contribution in [3.05, 3.63) is 21.7 Å². The number of ether oxygens (including phenoxy) is 2. The van der Waals surface area contributed by atoms with Crippen LogP contribution in [0.4, 0.5) is 5.13 Å². The van der Waals surface area contributed by atoms with Crippen molar-refractivity contribution in [2.45, 2.75) is 31.6 Å². The molecule has 16 heteroatoms. The van der Waals surface area contributed by atoms with E-state index in [-0.39, 0.29) is 28.0 Å². The van der Waals surface area contributed by atoms with Gasteiger partial charge in [0, 0.05) is 29.9 Å². The number of oxime groups is 1. The van der Waals surface area contributed by atoms with Gasteiger partial charge in [0.25, 0.3) is 11.8 Å². The summed E-state index contributed by atoms with van der Waals surface area (Å²) in [4.78, 5) is 55.0. The number of fused-ring (bicyclic) bond motifs is 1. The molecule has 180 valence electrons. The van der Waals surface area contributed by atoms with Crippen molar-refractivity contribution in [1.82, 2.24) is 15.2 Å². The molecular formula is C18H18N6O7S3. The highest BCUT2D eigenvalue weighted by molar-refractivity contribution is 8.06. The Balaban J connectivity index is 1.78. The maximum absolute atomic E-state index is 12.9. The first-order valence-electron chi connectivity index (χ1n) is 9.48. The molecule has 1 fully saturated rings. The van der Waals surface area contributed by atoms with Crippen LogP contribution in [-0.2, 0) is 28.7 Å². The summed E-state index contributed by atoms with van der Waals surface area (Å²) < 4.78 is 9.96. The lowest BCUT2D eigenvalue weighted by molar-refractivity contribution is -0.182. The molecular weight excluding hydrogens is 508 g/mol. The number of aromatic nitrogens is 1. The standard InChI is InChI=1S/C18H18N6O7S3/c1-7(25)30-8(2)31-17(28)13-10(32-4-3-19)6-33-16-12(15(27)24(13)16)22-14(26)11(23-29)9-5-34-18(20)21-9/h5,8,12,16,29H,4,6H2,1-2H3,(H2,20,21)(H,22,26)/b23-11-/t8?,12-,16-/m1/s1. The summed E-state index contributed by atoms with van der Waals surface area (Å²) in [5.41, 5.74) is 5.09. The number of thioether (sulfide) groups is 2. The SMILES string of the molecule is CC(=O)OC(C)OC(=O)C1=C(SCC#N)CS[C@@H]2[C@H](NC(=O)/C(=N\O)c3csc(N)n3)C(=O)N12. The molecule has 1 saturated heterocycles. The summed E-state index contributed by atoms with van der Waals surface area (Å²) in [6.45, 7) is 2.50. The van der Waals surface area contributed by atoms with Crippen molar-refractivity contribution in [2.24, 2.45) is 5.16 Å². The van der Waals surface area contributed by atoms with Crippen molar-refractivity contribution in [2.75, 3.05) is 17.2 Å². The van der Waals surface area contributed by atoms with Crippen LogP contribution in [0.5, 0.6) is 0 Å². The molecule has 0 aliphatic carbocycles. The monoisotopic (exact) mass is 526 g/mol. The number of nitrogens with zero attached hydrogens (tertiary/aromatic N) is 4. The van der Waals surface area contributed by atoms with E-state index in [0.29, 0.717) is 4.91 Å². The van der Waals surface area contributed by atoms with Crippen LogP contribution in [-0.4, -0.2) is 73.8 Å². The molecule has 0 saturated carbocycles. The lowest BCUT2D eigenvalue weighted by atomic mass is 10.0. The second kappa shape index (κ2) is 10.8. The number of hydrogen-bond donors (Lipinski definition) is 3. The zero-order chi connectivity index (χ0) is 25.0. The number of esters is 2. The van der Waals surface area contributed by atoms with Gasteiger partial charge in [-0.25, -0.2) is 9.78 Å². The highest BCUT2D eigenvalue weighted by Gasteiger charge is 2.55. The van der Waals surface area contributed by atoms with E-state index in [2.05, 4.69) is 15.5 Å². The number of nitrogens with one attached hydrogen (secondary N) is 1. The summed E-state index contributed by atoms with van der Waals surface area (Å²) in [5, 5.41) is 24.6. The second-order valence-electron chi connectivity index (χ2n) is 6.68. The lowest BCUT2D eigenvalue weighted by Gasteiger charge is -2.49. The molecule has 0 radical (unpaired) electrons. The van der Waals surface area contributed by atoms with Gasteiger partial charge in [-0.05, 0) is 0 Å². The van der Waals surface area contributed by atoms with Gasteiger partial charge in [-0.1, -0.05) is 5.16 Å². The van der Waals surface area contributed by atoms with Crippen LogP contribution in [0.15, 0.2) is 21.1 Å². The summed E-state index contributed by atoms with van der Waals surface area (Å²) in [5.74, 6) is -2.73. The summed E-state index contributed by atoms with van der Waals surface area (Å²) in [7, 11) is 0. The summed E-state index contributed by atoms with van der Waals surface area (Å²) in [6, 6.07) is 0.928. The molecule has 3 heterocycles. The minimum Gasteiger partial charge on any atom is -0.426 e. The molecule has 0 bridgehead atoms. The van der Waals surface area contributed by atoms with Gasteiger partial charge in [0.2, 0.25) is 6.29 Å². The predicted octanol–water partition coefficient (Wildman–Crippen LogP) is 0.224. The third kappa shape index (κ3) is 5.26. The molecule has 4 N–H and O–H groups in total. The Bertz CT molecular complexity index is 1130. The summed E-state index contributed by atoms with van der Waals surface area (Å²) >= 11 is 3.39. The van der Waals surface area contributed by atoms with Gasteiger partial charge >= 0.3 is 11.9 Å². The molecule has 13 nitrogen and oxygen atoms in total. The smallest absolute Gasteiger partial charge is 0.359 e. The highest BCUT2D eigenvalue weighted by Crippen LogP contribution is 2.43. The number of nitrogens with two attached hydrogens (primary N) is 1. The Morgan fingerprint density at radius 3 is 2.82 bits per heavy atom. The van der Waals surface area contributed by atoms with Gasteiger partial charge in [-0.15, -0.1) is 34.9 Å². The van der Waals surface area contributed by atoms with Gasteiger partial charge in [0.15, 0.2) is 10.8 Å². The normalized spacial score (nSPS) is 20.6. The van der Waals surface area contributed by atoms with Crippen molar-refractivity contribution >= 4 is 69.5 Å². The molecule has 0 spiro atoms. The van der Waals surface area contributed by atoms with Crippen molar-refractivity contribution < 1.29 is 33.9 Å². The van der Waals surface area contributed by atoms with Gasteiger partial charge < -0.3 is 25.7 Å². The van der Waals surface area contributed by atoms with Gasteiger partial charge in [-0.2, -0.15) is 5.26 Å². The van der Waals surface area contributed by atoms with E-state index in [1.807, 2.05) is 6.07 Å². The Kier molecular flexibility index (Phi) is 8.02.